The lowest BCUT2D eigenvalue weighted by Crippen LogP contribution is -2.31. The highest BCUT2D eigenvalue weighted by Gasteiger charge is 2.33. The van der Waals surface area contributed by atoms with Crippen molar-refractivity contribution in [1.29, 1.82) is 0 Å². The normalized spacial score (nSPS) is 14.8. The number of carboxylic acid groups (broad SMARTS) is 2. The molecule has 0 spiro atoms. The Morgan fingerprint density at radius 2 is 0.885 bits per heavy atom. The van der Waals surface area contributed by atoms with E-state index < -0.39 is 21.6 Å². The fourth-order valence-corrected chi connectivity index (χ4v) is 3.60. The number of aliphatic carboxylic acids is 2. The molecule has 0 aromatic heterocycles. The van der Waals surface area contributed by atoms with Crippen LogP contribution in [0.25, 0.3) is 0 Å². The number of carboxylic acids is 2. The summed E-state index contributed by atoms with van der Waals surface area (Å²) in [6.07, 6.45) is 11.1. The van der Waals surface area contributed by atoms with Gasteiger partial charge in [0.05, 0.1) is 0 Å². The first-order valence-electron chi connectivity index (χ1n) is 9.65. The van der Waals surface area contributed by atoms with Crippen molar-refractivity contribution in [2.75, 3.05) is 0 Å². The summed E-state index contributed by atoms with van der Waals surface area (Å²) in [5.41, 5.74) is -0.441. The van der Waals surface area contributed by atoms with E-state index in [1.165, 1.54) is 25.7 Å². The van der Waals surface area contributed by atoms with Gasteiger partial charge in [-0.2, -0.15) is 0 Å². The fourth-order valence-electron chi connectivity index (χ4n) is 3.14. The van der Waals surface area contributed by atoms with Crippen molar-refractivity contribution in [2.45, 2.75) is 102 Å². The maximum Gasteiger partial charge on any atom is 0.317 e. The first-order chi connectivity index (χ1) is 11.9. The topological polar surface area (TPSA) is 74.6 Å². The van der Waals surface area contributed by atoms with E-state index in [0.717, 1.165) is 38.5 Å². The standard InChI is InChI=1S/C20H36Br2O4/c1-19(2,15(21)17(23)24)13-11-9-7-5-6-8-10-12-14-20(3,4)16(22)18(25)26/h15-16H,5-14H2,1-4H3,(H,23,24)(H,25,26). The first kappa shape index (κ1) is 25.9. The summed E-state index contributed by atoms with van der Waals surface area (Å²) in [6.45, 7) is 8.02. The maximum absolute atomic E-state index is 11.1. The number of carbonyl (C=O) groups is 2. The lowest BCUT2D eigenvalue weighted by Gasteiger charge is -2.27. The van der Waals surface area contributed by atoms with Crippen molar-refractivity contribution in [2.24, 2.45) is 10.8 Å². The number of halogens is 2. The Morgan fingerprint density at radius 3 is 1.12 bits per heavy atom. The molecule has 0 fully saturated rings. The second-order valence-electron chi connectivity index (χ2n) is 8.71. The van der Waals surface area contributed by atoms with E-state index in [4.69, 9.17) is 10.2 Å². The fraction of sp³-hybridized carbons (Fsp3) is 0.900. The summed E-state index contributed by atoms with van der Waals surface area (Å²) in [5, 5.41) is 18.2. The molecule has 2 unspecified atom stereocenters. The minimum absolute atomic E-state index is 0.220. The average Bonchev–Trinajstić information content (AvgIpc) is 2.54. The van der Waals surface area contributed by atoms with Crippen LogP contribution in [0.2, 0.25) is 0 Å². The van der Waals surface area contributed by atoms with E-state index in [1.54, 1.807) is 0 Å². The van der Waals surface area contributed by atoms with Gasteiger partial charge < -0.3 is 10.2 Å². The number of unbranched alkanes of at least 4 members (excludes halogenated alkanes) is 7. The molecule has 2 atom stereocenters. The molecule has 6 heteroatoms. The monoisotopic (exact) mass is 498 g/mol. The third kappa shape index (κ3) is 10.3. The second-order valence-corrected chi connectivity index (χ2v) is 10.5. The van der Waals surface area contributed by atoms with Gasteiger partial charge >= 0.3 is 11.9 Å². The van der Waals surface area contributed by atoms with Crippen LogP contribution >= 0.6 is 31.9 Å². The largest absolute Gasteiger partial charge is 0.480 e. The van der Waals surface area contributed by atoms with Crippen LogP contribution in [-0.2, 0) is 9.59 Å². The van der Waals surface area contributed by atoms with E-state index >= 15 is 0 Å². The Hall–Kier alpha value is -0.100. The smallest absolute Gasteiger partial charge is 0.317 e. The third-order valence-corrected chi connectivity index (χ3v) is 8.46. The predicted molar refractivity (Wildman–Crippen MR) is 114 cm³/mol. The molecule has 0 amide bonds. The quantitative estimate of drug-likeness (QED) is 0.195. The highest BCUT2D eigenvalue weighted by atomic mass is 79.9. The van der Waals surface area contributed by atoms with Gasteiger partial charge in [0.15, 0.2) is 0 Å². The number of alkyl halides is 2. The SMILES string of the molecule is CC(C)(CCCCCCCCCCC(C)(C)C(Br)C(=O)O)C(Br)C(=O)O. The summed E-state index contributed by atoms with van der Waals surface area (Å²) in [7, 11) is 0. The average molecular weight is 500 g/mol. The summed E-state index contributed by atoms with van der Waals surface area (Å²) >= 11 is 6.55. The minimum Gasteiger partial charge on any atom is -0.480 e. The summed E-state index contributed by atoms with van der Waals surface area (Å²) < 4.78 is 0. The zero-order chi connectivity index (χ0) is 20.4. The molecule has 0 aliphatic rings. The van der Waals surface area contributed by atoms with Crippen molar-refractivity contribution in [3.05, 3.63) is 0 Å². The Labute approximate surface area is 175 Å². The minimum atomic E-state index is -0.784. The molecule has 0 heterocycles. The molecule has 0 rings (SSSR count). The number of hydrogen-bond donors (Lipinski definition) is 2. The molecule has 0 saturated carbocycles. The van der Waals surface area contributed by atoms with E-state index in [1.807, 2.05) is 27.7 Å². The molecule has 0 bridgehead atoms. The molecule has 2 N–H and O–H groups in total. The van der Waals surface area contributed by atoms with E-state index in [2.05, 4.69) is 31.9 Å². The predicted octanol–water partition coefficient (Wildman–Crippen LogP) is 6.64. The summed E-state index contributed by atoms with van der Waals surface area (Å²) in [6, 6.07) is 0. The van der Waals surface area contributed by atoms with Crippen LogP contribution in [0, 0.1) is 10.8 Å². The molecular weight excluding hydrogens is 464 g/mol. The number of hydrogen-bond acceptors (Lipinski definition) is 2. The highest BCUT2D eigenvalue weighted by Crippen LogP contribution is 2.34. The molecule has 0 saturated heterocycles. The van der Waals surface area contributed by atoms with Crippen molar-refractivity contribution in [1.82, 2.24) is 0 Å². The van der Waals surface area contributed by atoms with Crippen LogP contribution in [0.15, 0.2) is 0 Å². The van der Waals surface area contributed by atoms with Gasteiger partial charge in [-0.05, 0) is 23.7 Å². The lowest BCUT2D eigenvalue weighted by molar-refractivity contribution is -0.139. The molecule has 0 aromatic rings. The second kappa shape index (κ2) is 12.4. The molecular formula is C20H36Br2O4. The molecule has 0 aliphatic heterocycles. The molecule has 0 aromatic carbocycles. The third-order valence-electron chi connectivity index (χ3n) is 5.20. The molecule has 154 valence electrons. The lowest BCUT2D eigenvalue weighted by atomic mass is 9.83. The van der Waals surface area contributed by atoms with E-state index in [0.29, 0.717) is 0 Å². The van der Waals surface area contributed by atoms with E-state index in [9.17, 15) is 9.59 Å². The summed E-state index contributed by atoms with van der Waals surface area (Å²) in [4.78, 5) is 21.1. The van der Waals surface area contributed by atoms with Crippen LogP contribution in [0.1, 0.15) is 91.9 Å². The van der Waals surface area contributed by atoms with Gasteiger partial charge in [-0.25, -0.2) is 0 Å². The van der Waals surface area contributed by atoms with Gasteiger partial charge in [-0.1, -0.05) is 111 Å². The van der Waals surface area contributed by atoms with Crippen LogP contribution in [0.4, 0.5) is 0 Å². The van der Waals surface area contributed by atoms with Crippen LogP contribution in [0.3, 0.4) is 0 Å². The Kier molecular flexibility index (Phi) is 12.3. The molecule has 0 aliphatic carbocycles. The van der Waals surface area contributed by atoms with Gasteiger partial charge in [0.25, 0.3) is 0 Å². The zero-order valence-corrected chi connectivity index (χ0v) is 19.9. The van der Waals surface area contributed by atoms with Gasteiger partial charge in [0.2, 0.25) is 0 Å². The molecule has 0 radical (unpaired) electrons. The van der Waals surface area contributed by atoms with Gasteiger partial charge in [-0.15, -0.1) is 0 Å². The molecule has 26 heavy (non-hydrogen) atoms. The van der Waals surface area contributed by atoms with E-state index in [-0.39, 0.29) is 10.8 Å². The van der Waals surface area contributed by atoms with Gasteiger partial charge in [0.1, 0.15) is 9.65 Å². The van der Waals surface area contributed by atoms with Gasteiger partial charge in [-0.3, -0.25) is 9.59 Å². The zero-order valence-electron chi connectivity index (χ0n) is 16.7. The van der Waals surface area contributed by atoms with Crippen LogP contribution in [-0.4, -0.2) is 31.8 Å². The Bertz CT molecular complexity index is 396. The molecule has 4 nitrogen and oxygen atoms in total. The summed E-state index contributed by atoms with van der Waals surface area (Å²) in [5.74, 6) is -1.57. The highest BCUT2D eigenvalue weighted by molar-refractivity contribution is 9.10. The van der Waals surface area contributed by atoms with Crippen molar-refractivity contribution >= 4 is 43.8 Å². The Morgan fingerprint density at radius 1 is 0.654 bits per heavy atom. The maximum atomic E-state index is 11.1. The van der Waals surface area contributed by atoms with Gasteiger partial charge in [0, 0.05) is 0 Å². The number of rotatable bonds is 15. The van der Waals surface area contributed by atoms with Crippen LogP contribution < -0.4 is 0 Å². The van der Waals surface area contributed by atoms with Crippen molar-refractivity contribution in [3.8, 4) is 0 Å². The van der Waals surface area contributed by atoms with Crippen molar-refractivity contribution in [3.63, 3.8) is 0 Å². The van der Waals surface area contributed by atoms with Crippen molar-refractivity contribution < 1.29 is 19.8 Å². The Balaban J connectivity index is 3.69. The van der Waals surface area contributed by atoms with Crippen LogP contribution in [0.5, 0.6) is 0 Å². The first-order valence-corrected chi connectivity index (χ1v) is 11.5.